The molecule has 1 aromatic heterocycles. The predicted octanol–water partition coefficient (Wildman–Crippen LogP) is 2.49. The highest BCUT2D eigenvalue weighted by atomic mass is 35.5. The Morgan fingerprint density at radius 3 is 2.48 bits per heavy atom. The molecular weight excluding hydrogens is 407 g/mol. The highest BCUT2D eigenvalue weighted by Gasteiger charge is 2.56. The van der Waals surface area contributed by atoms with Crippen molar-refractivity contribution in [3.05, 3.63) is 22.5 Å². The molecule has 0 aromatic carbocycles. The Bertz CT molecular complexity index is 757. The van der Waals surface area contributed by atoms with Crippen LogP contribution in [0.5, 0.6) is 5.75 Å². The lowest BCUT2D eigenvalue weighted by Gasteiger charge is -2.33. The van der Waals surface area contributed by atoms with Crippen molar-refractivity contribution in [2.75, 3.05) is 13.2 Å². The second kappa shape index (κ2) is 7.14. The van der Waals surface area contributed by atoms with Gasteiger partial charge in [0.1, 0.15) is 6.61 Å². The van der Waals surface area contributed by atoms with Gasteiger partial charge in [-0.15, -0.1) is 0 Å². The number of aliphatic hydroxyl groups is 1. The first-order chi connectivity index (χ1) is 12.2. The van der Waals surface area contributed by atoms with Crippen LogP contribution < -0.4 is 15.2 Å². The van der Waals surface area contributed by atoms with Gasteiger partial charge < -0.3 is 15.6 Å². The summed E-state index contributed by atoms with van der Waals surface area (Å²) in [7, 11) is -1.53. The van der Waals surface area contributed by atoms with Gasteiger partial charge in [0.25, 0.3) is 0 Å². The van der Waals surface area contributed by atoms with E-state index in [1.165, 1.54) is 0 Å². The van der Waals surface area contributed by atoms with Crippen LogP contribution in [0.2, 0.25) is 5.15 Å². The number of pyridine rings is 1. The molecule has 1 unspecified atom stereocenters. The van der Waals surface area contributed by atoms with E-state index in [-0.39, 0.29) is 23.1 Å². The van der Waals surface area contributed by atoms with Gasteiger partial charge in [-0.05, 0) is 33.3 Å². The first kappa shape index (κ1) is 22.4. The van der Waals surface area contributed by atoms with Gasteiger partial charge in [-0.1, -0.05) is 18.5 Å². The Hall–Kier alpha value is -0.940. The van der Waals surface area contributed by atoms with E-state index < -0.39 is 45.3 Å². The highest BCUT2D eigenvalue weighted by molar-refractivity contribution is 7.84. The minimum atomic E-state index is -5.05. The molecule has 2 rings (SSSR count). The molecule has 0 radical (unpaired) electrons. The van der Waals surface area contributed by atoms with E-state index in [4.69, 9.17) is 22.1 Å². The van der Waals surface area contributed by atoms with Crippen molar-refractivity contribution in [1.82, 2.24) is 9.71 Å². The number of hydrogen-bond acceptors (Lipinski definition) is 5. The first-order valence-electron chi connectivity index (χ1n) is 8.25. The van der Waals surface area contributed by atoms with Crippen molar-refractivity contribution in [3.63, 3.8) is 0 Å². The quantitative estimate of drug-likeness (QED) is 0.625. The maximum absolute atomic E-state index is 13.4. The van der Waals surface area contributed by atoms with Crippen LogP contribution in [0.3, 0.4) is 0 Å². The zero-order chi connectivity index (χ0) is 20.8. The summed E-state index contributed by atoms with van der Waals surface area (Å²) < 4.78 is 60.7. The number of nitrogens with one attached hydrogen (secondary N) is 1. The molecule has 1 aliphatic rings. The number of nitrogens with zero attached hydrogens (tertiary/aromatic N) is 1. The van der Waals surface area contributed by atoms with Crippen molar-refractivity contribution >= 4 is 22.6 Å². The average Bonchev–Trinajstić information content (AvgIpc) is 2.91. The summed E-state index contributed by atoms with van der Waals surface area (Å²) in [5, 5.41) is 9.82. The van der Waals surface area contributed by atoms with Crippen molar-refractivity contribution in [2.45, 2.75) is 56.2 Å². The van der Waals surface area contributed by atoms with Crippen LogP contribution in [-0.2, 0) is 22.1 Å². The maximum atomic E-state index is 13.4. The van der Waals surface area contributed by atoms with Crippen LogP contribution in [0.25, 0.3) is 0 Å². The second-order valence-corrected chi connectivity index (χ2v) is 9.77. The van der Waals surface area contributed by atoms with E-state index in [1.54, 1.807) is 27.7 Å². The lowest BCUT2D eigenvalue weighted by Crippen LogP contribution is -2.50. The Balaban J connectivity index is 2.62. The van der Waals surface area contributed by atoms with Gasteiger partial charge in [-0.3, -0.25) is 0 Å². The van der Waals surface area contributed by atoms with Crippen LogP contribution in [0.4, 0.5) is 13.2 Å². The number of fused-ring (bicyclic) bond motifs is 1. The largest absolute Gasteiger partial charge is 0.488 e. The number of halogens is 4. The van der Waals surface area contributed by atoms with Crippen molar-refractivity contribution in [3.8, 4) is 5.75 Å². The van der Waals surface area contributed by atoms with Gasteiger partial charge in [-0.2, -0.15) is 13.2 Å². The summed E-state index contributed by atoms with van der Waals surface area (Å²) in [4.78, 5) is 3.67. The fourth-order valence-corrected chi connectivity index (χ4v) is 3.85. The van der Waals surface area contributed by atoms with Crippen molar-refractivity contribution in [1.29, 1.82) is 0 Å². The van der Waals surface area contributed by atoms with E-state index in [2.05, 4.69) is 9.71 Å². The fraction of sp³-hybridized carbons (Fsp3) is 0.688. The number of hydrogen-bond donors (Lipinski definition) is 3. The highest BCUT2D eigenvalue weighted by Crippen LogP contribution is 2.47. The molecule has 0 aliphatic carbocycles. The molecule has 154 valence electrons. The number of alkyl halides is 3. The molecule has 0 amide bonds. The third kappa shape index (κ3) is 3.82. The minimum absolute atomic E-state index is 0.0125. The maximum Gasteiger partial charge on any atom is 0.424 e. The number of ether oxygens (including phenoxy) is 1. The molecule has 1 aromatic rings. The van der Waals surface area contributed by atoms with E-state index in [0.29, 0.717) is 6.42 Å². The minimum Gasteiger partial charge on any atom is -0.488 e. The molecule has 0 fully saturated rings. The van der Waals surface area contributed by atoms with Gasteiger partial charge in [-0.25, -0.2) is 13.9 Å². The van der Waals surface area contributed by atoms with Gasteiger partial charge in [0, 0.05) is 12.1 Å². The summed E-state index contributed by atoms with van der Waals surface area (Å²) in [6, 6.07) is 1.07. The molecule has 2 heterocycles. The second-order valence-electron chi connectivity index (χ2n) is 7.44. The summed E-state index contributed by atoms with van der Waals surface area (Å²) in [6.45, 7) is 5.95. The molecule has 0 saturated carbocycles. The van der Waals surface area contributed by atoms with Crippen LogP contribution in [-0.4, -0.2) is 38.4 Å². The molecular formula is C16H23ClF3N3O3S. The Kier molecular flexibility index (Phi) is 5.91. The van der Waals surface area contributed by atoms with Crippen LogP contribution in [0, 0.1) is 0 Å². The summed E-state index contributed by atoms with van der Waals surface area (Å²) in [6.07, 6.45) is -4.70. The van der Waals surface area contributed by atoms with Gasteiger partial charge >= 0.3 is 6.18 Å². The molecule has 6 nitrogen and oxygen atoms in total. The van der Waals surface area contributed by atoms with E-state index >= 15 is 0 Å². The van der Waals surface area contributed by atoms with E-state index in [0.717, 1.165) is 6.07 Å². The standard InChI is InChI=1S/C16H23ClF3N3O3S/c1-5-14(23-27(25)13(2,3)4)8-26-11-9(14)6-10(22-12(11)17)15(24,7-21)16(18,19)20/h6,23-24H,5,7-8,21H2,1-4H3/t14-,15-,27?/m1/s1. The number of aromatic nitrogens is 1. The Morgan fingerprint density at radius 2 is 2.04 bits per heavy atom. The average molecular weight is 430 g/mol. The van der Waals surface area contributed by atoms with E-state index in [1.807, 2.05) is 0 Å². The monoisotopic (exact) mass is 429 g/mol. The fourth-order valence-electron chi connectivity index (χ4n) is 2.63. The van der Waals surface area contributed by atoms with Crippen molar-refractivity contribution < 1.29 is 27.2 Å². The lowest BCUT2D eigenvalue weighted by atomic mass is 9.88. The summed E-state index contributed by atoms with van der Waals surface area (Å²) in [5.41, 5.74) is 0.329. The predicted molar refractivity (Wildman–Crippen MR) is 96.7 cm³/mol. The molecule has 3 atom stereocenters. The number of rotatable bonds is 5. The Morgan fingerprint density at radius 1 is 1.44 bits per heavy atom. The van der Waals surface area contributed by atoms with E-state index in [9.17, 15) is 22.5 Å². The molecule has 4 N–H and O–H groups in total. The van der Waals surface area contributed by atoms with Gasteiger partial charge in [0.15, 0.2) is 10.9 Å². The zero-order valence-electron chi connectivity index (χ0n) is 15.4. The summed E-state index contributed by atoms with van der Waals surface area (Å²) >= 11 is 6.04. The van der Waals surface area contributed by atoms with Crippen LogP contribution in [0.1, 0.15) is 45.4 Å². The molecule has 1 aliphatic heterocycles. The van der Waals surface area contributed by atoms with Crippen LogP contribution >= 0.6 is 11.6 Å². The Labute approximate surface area is 163 Å². The lowest BCUT2D eigenvalue weighted by molar-refractivity contribution is -0.263. The van der Waals surface area contributed by atoms with Gasteiger partial charge in [0.2, 0.25) is 5.60 Å². The van der Waals surface area contributed by atoms with Crippen molar-refractivity contribution in [2.24, 2.45) is 5.73 Å². The van der Waals surface area contributed by atoms with Crippen LogP contribution in [0.15, 0.2) is 6.07 Å². The molecule has 0 bridgehead atoms. The third-order valence-corrected chi connectivity index (χ3v) is 6.49. The molecule has 27 heavy (non-hydrogen) atoms. The normalized spacial score (nSPS) is 23.5. The molecule has 0 spiro atoms. The first-order valence-corrected chi connectivity index (χ1v) is 9.78. The number of nitrogens with two attached hydrogens (primary N) is 1. The topological polar surface area (TPSA) is 97.5 Å². The third-order valence-electron chi connectivity index (χ3n) is 4.55. The molecule has 11 heteroatoms. The zero-order valence-corrected chi connectivity index (χ0v) is 17.0. The molecule has 0 saturated heterocycles. The smallest absolute Gasteiger partial charge is 0.424 e. The summed E-state index contributed by atoms with van der Waals surface area (Å²) in [5.74, 6) is 0.0993. The van der Waals surface area contributed by atoms with Gasteiger partial charge in [0.05, 0.1) is 27.0 Å². The SMILES string of the molecule is CC[C@@]1(NS(=O)C(C)(C)C)COc2c1cc([C@](O)(CN)C(F)(F)F)nc2Cl.